The Kier molecular flexibility index (Phi) is 4.90. The Morgan fingerprint density at radius 1 is 1.53 bits per heavy atom. The van der Waals surface area contributed by atoms with Crippen LogP contribution in [-0.4, -0.2) is 42.9 Å². The molecule has 0 aromatic heterocycles. The lowest BCUT2D eigenvalue weighted by atomic mass is 10.2. The van der Waals surface area contributed by atoms with Crippen molar-refractivity contribution in [2.45, 2.75) is 19.9 Å². The van der Waals surface area contributed by atoms with Gasteiger partial charge >= 0.3 is 0 Å². The third kappa shape index (κ3) is 3.71. The third-order valence-corrected chi connectivity index (χ3v) is 2.51. The monoisotopic (exact) mass is 237 g/mol. The Morgan fingerprint density at radius 3 is 2.82 bits per heavy atom. The topological polar surface area (TPSA) is 61.4 Å². The molecular formula is C12H19N3O2. The zero-order valence-corrected chi connectivity index (χ0v) is 10.5. The van der Waals surface area contributed by atoms with Crippen LogP contribution in [0.4, 0.5) is 0 Å². The van der Waals surface area contributed by atoms with Crippen LogP contribution in [0.2, 0.25) is 0 Å². The number of hydrogen-bond donors (Lipinski definition) is 2. The average molecular weight is 237 g/mol. The summed E-state index contributed by atoms with van der Waals surface area (Å²) < 4.78 is 0. The Bertz CT molecular complexity index is 361. The van der Waals surface area contributed by atoms with Crippen LogP contribution in [0.1, 0.15) is 13.8 Å². The van der Waals surface area contributed by atoms with Crippen molar-refractivity contribution in [3.8, 4) is 0 Å². The lowest BCUT2D eigenvalue weighted by Gasteiger charge is -2.21. The summed E-state index contributed by atoms with van der Waals surface area (Å²) in [6.07, 6.45) is 5.35. The van der Waals surface area contributed by atoms with Crippen LogP contribution < -0.4 is 10.6 Å². The fraction of sp³-hybridized carbons (Fsp3) is 0.500. The van der Waals surface area contributed by atoms with Crippen molar-refractivity contribution in [1.82, 2.24) is 15.5 Å². The predicted molar refractivity (Wildman–Crippen MR) is 66.1 cm³/mol. The van der Waals surface area contributed by atoms with Crippen LogP contribution >= 0.6 is 0 Å². The summed E-state index contributed by atoms with van der Waals surface area (Å²) in [5, 5.41) is 5.59. The highest BCUT2D eigenvalue weighted by atomic mass is 16.2. The van der Waals surface area contributed by atoms with Crippen LogP contribution in [0.15, 0.2) is 23.9 Å². The first-order valence-corrected chi connectivity index (χ1v) is 5.69. The van der Waals surface area contributed by atoms with Crippen molar-refractivity contribution >= 4 is 11.8 Å². The highest BCUT2D eigenvalue weighted by Crippen LogP contribution is 2.09. The van der Waals surface area contributed by atoms with E-state index in [4.69, 9.17) is 0 Å². The molecule has 5 nitrogen and oxygen atoms in total. The van der Waals surface area contributed by atoms with E-state index >= 15 is 0 Å². The SMILES string of the molecule is CCNC1C=C(C)C=CN(CC(=O)NC)C1=O. The smallest absolute Gasteiger partial charge is 0.248 e. The van der Waals surface area contributed by atoms with Crippen LogP contribution in [0, 0.1) is 0 Å². The van der Waals surface area contributed by atoms with Gasteiger partial charge in [-0.3, -0.25) is 9.59 Å². The van der Waals surface area contributed by atoms with Crippen LogP contribution in [0.25, 0.3) is 0 Å². The van der Waals surface area contributed by atoms with Gasteiger partial charge in [-0.1, -0.05) is 18.6 Å². The van der Waals surface area contributed by atoms with Crippen LogP contribution in [-0.2, 0) is 9.59 Å². The molecule has 1 rings (SSSR count). The molecule has 94 valence electrons. The number of carbonyl (C=O) groups excluding carboxylic acids is 2. The Labute approximate surface area is 102 Å². The fourth-order valence-electron chi connectivity index (χ4n) is 1.58. The molecule has 1 heterocycles. The van der Waals surface area contributed by atoms with Gasteiger partial charge in [0.15, 0.2) is 0 Å². The van der Waals surface area contributed by atoms with E-state index in [0.29, 0.717) is 6.54 Å². The van der Waals surface area contributed by atoms with E-state index in [0.717, 1.165) is 5.57 Å². The zero-order chi connectivity index (χ0) is 12.8. The minimum Gasteiger partial charge on any atom is -0.358 e. The molecule has 17 heavy (non-hydrogen) atoms. The highest BCUT2D eigenvalue weighted by molar-refractivity contribution is 5.90. The number of nitrogens with one attached hydrogen (secondary N) is 2. The molecule has 1 aliphatic rings. The standard InChI is InChI=1S/C12H19N3O2/c1-4-14-10-7-9(2)5-6-15(12(10)17)8-11(16)13-3/h5-7,10,14H,4,8H2,1-3H3,(H,13,16). The fourth-order valence-corrected chi connectivity index (χ4v) is 1.58. The molecule has 0 fully saturated rings. The third-order valence-electron chi connectivity index (χ3n) is 2.51. The van der Waals surface area contributed by atoms with Gasteiger partial charge in [-0.15, -0.1) is 0 Å². The summed E-state index contributed by atoms with van der Waals surface area (Å²) in [5.41, 5.74) is 1.00. The van der Waals surface area contributed by atoms with Gasteiger partial charge in [0.1, 0.15) is 12.6 Å². The molecule has 0 saturated carbocycles. The van der Waals surface area contributed by atoms with Crippen molar-refractivity contribution in [3.05, 3.63) is 23.9 Å². The Hall–Kier alpha value is -1.62. The largest absolute Gasteiger partial charge is 0.358 e. The first kappa shape index (κ1) is 13.4. The summed E-state index contributed by atoms with van der Waals surface area (Å²) in [7, 11) is 1.56. The van der Waals surface area contributed by atoms with Gasteiger partial charge < -0.3 is 15.5 Å². The molecule has 5 heteroatoms. The van der Waals surface area contributed by atoms with Gasteiger partial charge in [-0.25, -0.2) is 0 Å². The second kappa shape index (κ2) is 6.20. The van der Waals surface area contributed by atoms with Crippen molar-refractivity contribution < 1.29 is 9.59 Å². The van der Waals surface area contributed by atoms with Gasteiger partial charge in [-0.2, -0.15) is 0 Å². The van der Waals surface area contributed by atoms with Crippen molar-refractivity contribution in [2.75, 3.05) is 20.1 Å². The molecule has 2 amide bonds. The second-order valence-corrected chi connectivity index (χ2v) is 3.90. The van der Waals surface area contributed by atoms with Gasteiger partial charge in [0.2, 0.25) is 11.8 Å². The highest BCUT2D eigenvalue weighted by Gasteiger charge is 2.23. The molecular weight excluding hydrogens is 218 g/mol. The second-order valence-electron chi connectivity index (χ2n) is 3.90. The van der Waals surface area contributed by atoms with E-state index in [9.17, 15) is 9.59 Å². The van der Waals surface area contributed by atoms with Crippen molar-refractivity contribution in [2.24, 2.45) is 0 Å². The van der Waals surface area contributed by atoms with Crippen LogP contribution in [0.3, 0.4) is 0 Å². The van der Waals surface area contributed by atoms with E-state index in [1.54, 1.807) is 13.2 Å². The number of likely N-dealkylation sites (N-methyl/N-ethyl adjacent to an activating group) is 2. The van der Waals surface area contributed by atoms with E-state index in [2.05, 4.69) is 10.6 Å². The van der Waals surface area contributed by atoms with Crippen molar-refractivity contribution in [1.29, 1.82) is 0 Å². The van der Waals surface area contributed by atoms with Gasteiger partial charge in [0.05, 0.1) is 0 Å². The first-order valence-electron chi connectivity index (χ1n) is 5.69. The maximum Gasteiger partial charge on any atom is 0.248 e. The maximum atomic E-state index is 12.1. The number of allylic oxidation sites excluding steroid dienone is 2. The quantitative estimate of drug-likeness (QED) is 0.724. The first-order chi connectivity index (χ1) is 8.08. The maximum absolute atomic E-state index is 12.1. The molecule has 0 saturated heterocycles. The zero-order valence-electron chi connectivity index (χ0n) is 10.5. The van der Waals surface area contributed by atoms with E-state index in [1.165, 1.54) is 4.90 Å². The summed E-state index contributed by atoms with van der Waals surface area (Å²) in [6, 6.07) is -0.361. The van der Waals surface area contributed by atoms with Crippen molar-refractivity contribution in [3.63, 3.8) is 0 Å². The Morgan fingerprint density at radius 2 is 2.24 bits per heavy atom. The summed E-state index contributed by atoms with van der Waals surface area (Å²) in [6.45, 7) is 4.62. The molecule has 1 aliphatic heterocycles. The van der Waals surface area contributed by atoms with E-state index in [-0.39, 0.29) is 24.4 Å². The van der Waals surface area contributed by atoms with Gasteiger partial charge in [0.25, 0.3) is 0 Å². The average Bonchev–Trinajstić information content (AvgIpc) is 2.43. The molecule has 0 aromatic carbocycles. The van der Waals surface area contributed by atoms with Gasteiger partial charge in [-0.05, 0) is 19.5 Å². The normalized spacial score (nSPS) is 19.9. The van der Waals surface area contributed by atoms with E-state index in [1.807, 2.05) is 26.0 Å². The van der Waals surface area contributed by atoms with Gasteiger partial charge in [0, 0.05) is 13.2 Å². The van der Waals surface area contributed by atoms with E-state index < -0.39 is 0 Å². The molecule has 0 spiro atoms. The molecule has 0 bridgehead atoms. The molecule has 0 aliphatic carbocycles. The Balaban J connectivity index is 2.82. The molecule has 0 radical (unpaired) electrons. The minimum absolute atomic E-state index is 0.0504. The predicted octanol–water partition coefficient (Wildman–Crippen LogP) is 0.0127. The number of amides is 2. The lowest BCUT2D eigenvalue weighted by Crippen LogP contribution is -2.45. The molecule has 2 N–H and O–H groups in total. The summed E-state index contributed by atoms with van der Waals surface area (Å²) in [4.78, 5) is 24.9. The molecule has 1 atom stereocenters. The molecule has 0 aromatic rings. The summed E-state index contributed by atoms with van der Waals surface area (Å²) in [5.74, 6) is -0.290. The number of hydrogen-bond acceptors (Lipinski definition) is 3. The minimum atomic E-state index is -0.361. The summed E-state index contributed by atoms with van der Waals surface area (Å²) >= 11 is 0. The molecule has 1 unspecified atom stereocenters. The number of nitrogens with zero attached hydrogens (tertiary/aromatic N) is 1. The lowest BCUT2D eigenvalue weighted by molar-refractivity contribution is -0.134. The number of rotatable bonds is 4. The van der Waals surface area contributed by atoms with Crippen LogP contribution in [0.5, 0.6) is 0 Å². The number of carbonyl (C=O) groups is 2.